The Morgan fingerprint density at radius 3 is 2.86 bits per heavy atom. The van der Waals surface area contributed by atoms with Crippen LogP contribution in [0.25, 0.3) is 0 Å². The Kier molecular flexibility index (Phi) is 7.49. The minimum atomic E-state index is -0.546. The molecule has 0 aromatic heterocycles. The first kappa shape index (κ1) is 18.3. The maximum atomic E-state index is 11.7. The predicted molar refractivity (Wildman–Crippen MR) is 89.7 cm³/mol. The topological polar surface area (TPSA) is 50.4 Å². The van der Waals surface area contributed by atoms with Crippen molar-refractivity contribution in [3.05, 3.63) is 23.1 Å². The first-order chi connectivity index (χ1) is 9.84. The fraction of sp³-hybridized carbons (Fsp3) is 0.688. The van der Waals surface area contributed by atoms with E-state index in [1.165, 1.54) is 16.9 Å². The van der Waals surface area contributed by atoms with E-state index >= 15 is 0 Å². The normalized spacial score (nSPS) is 20.8. The summed E-state index contributed by atoms with van der Waals surface area (Å²) >= 11 is 1.93. The number of unbranched alkanes of at least 4 members (excludes halogenated alkanes) is 1. The predicted octanol–water partition coefficient (Wildman–Crippen LogP) is 3.52. The van der Waals surface area contributed by atoms with E-state index in [0.717, 1.165) is 19.3 Å². The van der Waals surface area contributed by atoms with Crippen LogP contribution in [-0.2, 0) is 9.53 Å². The molecule has 1 rings (SSSR count). The number of carbonyl (C=O) groups excluding carboxylic acids is 1. The smallest absolute Gasteiger partial charge is 0.234 e. The summed E-state index contributed by atoms with van der Waals surface area (Å²) in [5, 5.41) is 0.583. The van der Waals surface area contributed by atoms with Gasteiger partial charge in [0.1, 0.15) is 5.72 Å². The molecule has 1 fully saturated rings. The van der Waals surface area contributed by atoms with Crippen LogP contribution in [0.4, 0.5) is 0 Å². The second-order valence-electron chi connectivity index (χ2n) is 5.94. The lowest BCUT2D eigenvalue weighted by Crippen LogP contribution is -2.51. The molecule has 0 aromatic rings. The van der Waals surface area contributed by atoms with E-state index in [1.54, 1.807) is 7.11 Å². The largest absolute Gasteiger partial charge is 0.363 e. The maximum Gasteiger partial charge on any atom is 0.234 e. The third kappa shape index (κ3) is 7.16. The Hall–Kier alpha value is -0.780. The van der Waals surface area contributed by atoms with E-state index in [2.05, 4.69) is 30.4 Å². The number of amides is 1. The van der Waals surface area contributed by atoms with Gasteiger partial charge in [0.05, 0.1) is 0 Å². The fourth-order valence-electron chi connectivity index (χ4n) is 1.93. The van der Waals surface area contributed by atoms with Gasteiger partial charge in [-0.15, -0.1) is 11.8 Å². The first-order valence-corrected chi connectivity index (χ1v) is 8.34. The molecule has 1 aliphatic rings. The van der Waals surface area contributed by atoms with Crippen LogP contribution in [-0.4, -0.2) is 24.0 Å². The summed E-state index contributed by atoms with van der Waals surface area (Å²) in [6, 6.07) is 0. The average molecular weight is 312 g/mol. The van der Waals surface area contributed by atoms with E-state index in [9.17, 15) is 4.79 Å². The van der Waals surface area contributed by atoms with Crippen LogP contribution in [0.3, 0.4) is 0 Å². The molecule has 0 bridgehead atoms. The van der Waals surface area contributed by atoms with E-state index in [1.807, 2.05) is 25.6 Å². The summed E-state index contributed by atoms with van der Waals surface area (Å²) in [5.74, 6) is -0.00240. The zero-order chi connectivity index (χ0) is 15.9. The molecule has 21 heavy (non-hydrogen) atoms. The van der Waals surface area contributed by atoms with Crippen molar-refractivity contribution in [3.8, 4) is 0 Å². The Bertz CT molecular complexity index is 405. The van der Waals surface area contributed by atoms with Crippen LogP contribution in [0.2, 0.25) is 0 Å². The number of allylic oxidation sites excluding steroid dienone is 2. The summed E-state index contributed by atoms with van der Waals surface area (Å²) in [6.45, 7) is 9.83. The molecule has 0 saturated carbocycles. The zero-order valence-corrected chi connectivity index (χ0v) is 14.4. The zero-order valence-electron chi connectivity index (χ0n) is 13.6. The van der Waals surface area contributed by atoms with Gasteiger partial charge in [0.25, 0.3) is 0 Å². The Labute approximate surface area is 132 Å². The molecular weight excluding hydrogens is 284 g/mol. The van der Waals surface area contributed by atoms with Crippen LogP contribution in [0.15, 0.2) is 23.1 Å². The van der Waals surface area contributed by atoms with E-state index in [4.69, 9.17) is 4.74 Å². The fourth-order valence-corrected chi connectivity index (χ4v) is 3.18. The van der Waals surface area contributed by atoms with Crippen molar-refractivity contribution in [3.63, 3.8) is 0 Å². The third-order valence-corrected chi connectivity index (χ3v) is 5.09. The van der Waals surface area contributed by atoms with E-state index in [-0.39, 0.29) is 5.91 Å². The number of nitrogens with one attached hydrogen (secondary N) is 2. The van der Waals surface area contributed by atoms with Crippen molar-refractivity contribution in [1.29, 1.82) is 0 Å². The first-order valence-electron chi connectivity index (χ1n) is 7.46. The molecule has 120 valence electrons. The molecule has 1 aliphatic heterocycles. The third-order valence-electron chi connectivity index (χ3n) is 3.49. The number of ether oxygens (including phenoxy) is 1. The molecule has 0 aromatic carbocycles. The lowest BCUT2D eigenvalue weighted by Gasteiger charge is -2.24. The van der Waals surface area contributed by atoms with Crippen LogP contribution >= 0.6 is 11.8 Å². The van der Waals surface area contributed by atoms with Crippen molar-refractivity contribution < 1.29 is 9.53 Å². The van der Waals surface area contributed by atoms with Crippen molar-refractivity contribution >= 4 is 17.7 Å². The summed E-state index contributed by atoms with van der Waals surface area (Å²) in [5.41, 5.74) is 6.24. The van der Waals surface area contributed by atoms with Gasteiger partial charge in [-0.25, -0.2) is 5.43 Å². The summed E-state index contributed by atoms with van der Waals surface area (Å²) < 4.78 is 5.17. The number of rotatable bonds is 8. The van der Waals surface area contributed by atoms with Crippen LogP contribution in [0, 0.1) is 0 Å². The minimum absolute atomic E-state index is 0.00240. The van der Waals surface area contributed by atoms with Gasteiger partial charge in [0.2, 0.25) is 5.91 Å². The lowest BCUT2D eigenvalue weighted by molar-refractivity contribution is -0.125. The molecule has 4 nitrogen and oxygen atoms in total. The SMILES string of the molecule is C=C(C)C1CC/C(=C/CCCC(=O)NNC(C)(C)OC)S1. The van der Waals surface area contributed by atoms with Crippen molar-refractivity contribution in [1.82, 2.24) is 10.9 Å². The molecule has 1 heterocycles. The van der Waals surface area contributed by atoms with Gasteiger partial charge in [-0.2, -0.15) is 0 Å². The van der Waals surface area contributed by atoms with Gasteiger partial charge in [0.15, 0.2) is 0 Å². The van der Waals surface area contributed by atoms with Crippen molar-refractivity contribution in [2.75, 3.05) is 7.11 Å². The standard InChI is InChI=1S/C16H28N2O2S/c1-12(2)14-11-10-13(21-14)8-6-7-9-15(19)17-18-16(3,4)20-5/h8,14,18H,1,6-7,9-11H2,2-5H3,(H,17,19)/b13-8-. The molecule has 1 unspecified atom stereocenters. The molecule has 5 heteroatoms. The van der Waals surface area contributed by atoms with Gasteiger partial charge < -0.3 is 4.74 Å². The highest BCUT2D eigenvalue weighted by atomic mass is 32.2. The monoisotopic (exact) mass is 312 g/mol. The van der Waals surface area contributed by atoms with E-state index < -0.39 is 5.72 Å². The van der Waals surface area contributed by atoms with Crippen molar-refractivity contribution in [2.24, 2.45) is 0 Å². The van der Waals surface area contributed by atoms with Gasteiger partial charge in [-0.1, -0.05) is 18.2 Å². The Morgan fingerprint density at radius 1 is 1.57 bits per heavy atom. The molecule has 2 N–H and O–H groups in total. The maximum absolute atomic E-state index is 11.7. The van der Waals surface area contributed by atoms with E-state index in [0.29, 0.717) is 11.7 Å². The highest BCUT2D eigenvalue weighted by molar-refractivity contribution is 8.04. The number of hydrazine groups is 1. The van der Waals surface area contributed by atoms with Crippen LogP contribution in [0.5, 0.6) is 0 Å². The molecule has 1 saturated heterocycles. The van der Waals surface area contributed by atoms with Gasteiger partial charge >= 0.3 is 0 Å². The second kappa shape index (κ2) is 8.61. The molecular formula is C16H28N2O2S. The number of hydrogen-bond acceptors (Lipinski definition) is 4. The van der Waals surface area contributed by atoms with Crippen molar-refractivity contribution in [2.45, 2.75) is 63.9 Å². The molecule has 0 aliphatic carbocycles. The summed E-state index contributed by atoms with van der Waals surface area (Å²) in [7, 11) is 1.60. The molecule has 0 spiro atoms. The van der Waals surface area contributed by atoms with Gasteiger partial charge in [0, 0.05) is 18.8 Å². The average Bonchev–Trinajstić information content (AvgIpc) is 2.90. The van der Waals surface area contributed by atoms with Crippen LogP contribution < -0.4 is 10.9 Å². The van der Waals surface area contributed by atoms with Gasteiger partial charge in [-0.05, 0) is 51.4 Å². The number of methoxy groups -OCH3 is 1. The summed E-state index contributed by atoms with van der Waals surface area (Å²) in [6.07, 6.45) is 6.95. The molecule has 1 amide bonds. The number of thioether (sulfide) groups is 1. The summed E-state index contributed by atoms with van der Waals surface area (Å²) in [4.78, 5) is 13.1. The Morgan fingerprint density at radius 2 is 2.29 bits per heavy atom. The molecule has 1 atom stereocenters. The Balaban J connectivity index is 2.17. The van der Waals surface area contributed by atoms with Gasteiger partial charge in [-0.3, -0.25) is 10.2 Å². The number of carbonyl (C=O) groups is 1. The highest BCUT2D eigenvalue weighted by Crippen LogP contribution is 2.40. The lowest BCUT2D eigenvalue weighted by atomic mass is 10.1. The second-order valence-corrected chi connectivity index (χ2v) is 7.27. The highest BCUT2D eigenvalue weighted by Gasteiger charge is 2.20. The minimum Gasteiger partial charge on any atom is -0.363 e. The van der Waals surface area contributed by atoms with Crippen LogP contribution in [0.1, 0.15) is 52.9 Å². The molecule has 0 radical (unpaired) electrons. The number of hydrogen-bond donors (Lipinski definition) is 2. The quantitative estimate of drug-likeness (QED) is 0.312.